The third-order valence-electron chi connectivity index (χ3n) is 2.75. The molecule has 0 saturated carbocycles. The Labute approximate surface area is 90.6 Å². The highest BCUT2D eigenvalue weighted by Crippen LogP contribution is 2.28. The van der Waals surface area contributed by atoms with Gasteiger partial charge in [-0.05, 0) is 19.3 Å². The number of thiazole rings is 1. The van der Waals surface area contributed by atoms with E-state index in [9.17, 15) is 0 Å². The van der Waals surface area contributed by atoms with Crippen LogP contribution in [-0.4, -0.2) is 4.98 Å². The fourth-order valence-corrected chi connectivity index (χ4v) is 2.57. The highest BCUT2D eigenvalue weighted by atomic mass is 32.1. The van der Waals surface area contributed by atoms with Gasteiger partial charge in [-0.25, -0.2) is 4.98 Å². The Kier molecular flexibility index (Phi) is 4.08. The number of rotatable bonds is 5. The molecule has 0 aliphatic rings. The Balaban J connectivity index is 2.84. The maximum absolute atomic E-state index is 6.28. The van der Waals surface area contributed by atoms with Crippen LogP contribution in [0.15, 0.2) is 5.38 Å². The zero-order valence-corrected chi connectivity index (χ0v) is 10.2. The van der Waals surface area contributed by atoms with Crippen molar-refractivity contribution >= 4 is 11.3 Å². The molecule has 0 atom stereocenters. The van der Waals surface area contributed by atoms with Gasteiger partial charge < -0.3 is 5.73 Å². The Morgan fingerprint density at radius 2 is 2.00 bits per heavy atom. The molecular weight excluding hydrogens is 192 g/mol. The smallest absolute Gasteiger partial charge is 0.113 e. The largest absolute Gasteiger partial charge is 0.319 e. The molecule has 1 aromatic heterocycles. The van der Waals surface area contributed by atoms with E-state index < -0.39 is 0 Å². The lowest BCUT2D eigenvalue weighted by molar-refractivity contribution is 0.410. The van der Waals surface area contributed by atoms with Crippen LogP contribution in [0.4, 0.5) is 0 Å². The van der Waals surface area contributed by atoms with Crippen LogP contribution in [-0.2, 0) is 12.0 Å². The van der Waals surface area contributed by atoms with Gasteiger partial charge in [0.25, 0.3) is 0 Å². The zero-order valence-electron chi connectivity index (χ0n) is 9.34. The van der Waals surface area contributed by atoms with Gasteiger partial charge in [-0.15, -0.1) is 11.3 Å². The fourth-order valence-electron chi connectivity index (χ4n) is 1.46. The lowest BCUT2D eigenvalue weighted by Gasteiger charge is -2.23. The summed E-state index contributed by atoms with van der Waals surface area (Å²) in [6.45, 7) is 6.43. The summed E-state index contributed by atoms with van der Waals surface area (Å²) in [6, 6.07) is 0. The normalized spacial score (nSPS) is 12.0. The fraction of sp³-hybridized carbons (Fsp3) is 0.727. The van der Waals surface area contributed by atoms with Gasteiger partial charge in [0.05, 0.1) is 11.2 Å². The number of aromatic nitrogens is 1. The molecule has 2 N–H and O–H groups in total. The van der Waals surface area contributed by atoms with Crippen LogP contribution in [0.3, 0.4) is 0 Å². The molecule has 3 heteroatoms. The molecule has 0 bridgehead atoms. The number of hydrogen-bond donors (Lipinski definition) is 1. The maximum atomic E-state index is 6.28. The molecule has 0 radical (unpaired) electrons. The van der Waals surface area contributed by atoms with E-state index in [1.54, 1.807) is 11.3 Å². The summed E-state index contributed by atoms with van der Waals surface area (Å²) >= 11 is 1.71. The maximum Gasteiger partial charge on any atom is 0.113 e. The molecule has 2 nitrogen and oxygen atoms in total. The highest BCUT2D eigenvalue weighted by molar-refractivity contribution is 7.09. The average Bonchev–Trinajstić information content (AvgIpc) is 2.66. The molecule has 0 aliphatic heterocycles. The van der Waals surface area contributed by atoms with Crippen LogP contribution in [0.2, 0.25) is 0 Å². The van der Waals surface area contributed by atoms with E-state index in [1.807, 2.05) is 0 Å². The van der Waals surface area contributed by atoms with Crippen molar-refractivity contribution in [1.29, 1.82) is 0 Å². The van der Waals surface area contributed by atoms with Gasteiger partial charge >= 0.3 is 0 Å². The van der Waals surface area contributed by atoms with E-state index in [1.165, 1.54) is 5.69 Å². The third-order valence-corrected chi connectivity index (χ3v) is 3.86. The predicted octanol–water partition coefficient (Wildman–Crippen LogP) is 3.07. The molecule has 80 valence electrons. The van der Waals surface area contributed by atoms with Crippen molar-refractivity contribution in [3.05, 3.63) is 16.1 Å². The summed E-state index contributed by atoms with van der Waals surface area (Å²) < 4.78 is 0. The second kappa shape index (κ2) is 4.89. The monoisotopic (exact) mass is 212 g/mol. The molecule has 14 heavy (non-hydrogen) atoms. The molecule has 1 aromatic rings. The van der Waals surface area contributed by atoms with Crippen LogP contribution in [0.5, 0.6) is 0 Å². The molecule has 0 aliphatic carbocycles. The number of hydrogen-bond acceptors (Lipinski definition) is 3. The molecule has 0 amide bonds. The summed E-state index contributed by atoms with van der Waals surface area (Å²) in [7, 11) is 0. The van der Waals surface area contributed by atoms with E-state index in [-0.39, 0.29) is 5.54 Å². The Bertz CT molecular complexity index is 277. The molecular formula is C11H20N2S. The van der Waals surface area contributed by atoms with Crippen LogP contribution >= 0.6 is 11.3 Å². The van der Waals surface area contributed by atoms with E-state index in [2.05, 4.69) is 31.1 Å². The Morgan fingerprint density at radius 1 is 1.36 bits per heavy atom. The van der Waals surface area contributed by atoms with Crippen molar-refractivity contribution in [1.82, 2.24) is 4.98 Å². The summed E-state index contributed by atoms with van der Waals surface area (Å²) in [5.41, 5.74) is 7.28. The lowest BCUT2D eigenvalue weighted by atomic mass is 9.95. The second-order valence-electron chi connectivity index (χ2n) is 3.76. The van der Waals surface area contributed by atoms with Crippen LogP contribution in [0.25, 0.3) is 0 Å². The topological polar surface area (TPSA) is 38.9 Å². The van der Waals surface area contributed by atoms with Gasteiger partial charge in [0, 0.05) is 5.38 Å². The van der Waals surface area contributed by atoms with Crippen LogP contribution in [0.1, 0.15) is 50.7 Å². The van der Waals surface area contributed by atoms with Crippen LogP contribution in [0, 0.1) is 0 Å². The molecule has 0 saturated heterocycles. The summed E-state index contributed by atoms with van der Waals surface area (Å²) in [6.07, 6.45) is 4.14. The quantitative estimate of drug-likeness (QED) is 0.814. The SMILES string of the molecule is CCCc1csc(C(N)(CC)CC)n1. The van der Waals surface area contributed by atoms with E-state index >= 15 is 0 Å². The van der Waals surface area contributed by atoms with Crippen molar-refractivity contribution in [2.45, 2.75) is 52.0 Å². The summed E-state index contributed by atoms with van der Waals surface area (Å²) in [4.78, 5) is 4.61. The Morgan fingerprint density at radius 3 is 2.50 bits per heavy atom. The van der Waals surface area contributed by atoms with Gasteiger partial charge in [-0.2, -0.15) is 0 Å². The molecule has 1 heterocycles. The first-order chi connectivity index (χ1) is 6.66. The minimum absolute atomic E-state index is 0.198. The predicted molar refractivity (Wildman–Crippen MR) is 62.6 cm³/mol. The van der Waals surface area contributed by atoms with Gasteiger partial charge in [0.1, 0.15) is 5.01 Å². The number of nitrogens with two attached hydrogens (primary N) is 1. The first-order valence-corrected chi connectivity index (χ1v) is 6.28. The van der Waals surface area contributed by atoms with Gasteiger partial charge in [-0.3, -0.25) is 0 Å². The first-order valence-electron chi connectivity index (χ1n) is 5.40. The molecule has 1 rings (SSSR count). The van der Waals surface area contributed by atoms with E-state index in [4.69, 9.17) is 5.73 Å². The Hall–Kier alpha value is -0.410. The molecule has 0 unspecified atom stereocenters. The lowest BCUT2D eigenvalue weighted by Crippen LogP contribution is -2.34. The van der Waals surface area contributed by atoms with Crippen molar-refractivity contribution in [3.63, 3.8) is 0 Å². The zero-order chi connectivity index (χ0) is 10.6. The minimum atomic E-state index is -0.198. The standard InChI is InChI=1S/C11H20N2S/c1-4-7-9-8-14-10(13-9)11(12,5-2)6-3/h8H,4-7,12H2,1-3H3. The number of nitrogens with zero attached hydrogens (tertiary/aromatic N) is 1. The second-order valence-corrected chi connectivity index (χ2v) is 4.62. The van der Waals surface area contributed by atoms with Crippen molar-refractivity contribution in [2.75, 3.05) is 0 Å². The van der Waals surface area contributed by atoms with Crippen molar-refractivity contribution in [2.24, 2.45) is 5.73 Å². The molecule has 0 spiro atoms. The summed E-state index contributed by atoms with van der Waals surface area (Å²) in [5.74, 6) is 0. The van der Waals surface area contributed by atoms with Gasteiger partial charge in [0.15, 0.2) is 0 Å². The first kappa shape index (κ1) is 11.7. The third kappa shape index (κ3) is 2.34. The summed E-state index contributed by atoms with van der Waals surface area (Å²) in [5, 5.41) is 3.25. The number of aryl methyl sites for hydroxylation is 1. The van der Waals surface area contributed by atoms with Crippen molar-refractivity contribution in [3.8, 4) is 0 Å². The highest BCUT2D eigenvalue weighted by Gasteiger charge is 2.26. The van der Waals surface area contributed by atoms with E-state index in [0.29, 0.717) is 0 Å². The van der Waals surface area contributed by atoms with Crippen LogP contribution < -0.4 is 5.73 Å². The minimum Gasteiger partial charge on any atom is -0.319 e. The average molecular weight is 212 g/mol. The van der Waals surface area contributed by atoms with Crippen molar-refractivity contribution < 1.29 is 0 Å². The van der Waals surface area contributed by atoms with E-state index in [0.717, 1.165) is 30.7 Å². The molecule has 0 fully saturated rings. The van der Waals surface area contributed by atoms with Gasteiger partial charge in [-0.1, -0.05) is 27.2 Å². The molecule has 0 aromatic carbocycles. The van der Waals surface area contributed by atoms with Gasteiger partial charge in [0.2, 0.25) is 0 Å².